The molecule has 0 radical (unpaired) electrons. The molecule has 0 aromatic heterocycles. The van der Waals surface area contributed by atoms with Crippen molar-refractivity contribution in [3.8, 4) is 5.75 Å². The van der Waals surface area contributed by atoms with E-state index in [4.69, 9.17) is 4.18 Å². The van der Waals surface area contributed by atoms with Crippen molar-refractivity contribution >= 4 is 20.2 Å². The first kappa shape index (κ1) is 14.9. The quantitative estimate of drug-likeness (QED) is 0.712. The zero-order chi connectivity index (χ0) is 13.8. The molecule has 0 fully saturated rings. The van der Waals surface area contributed by atoms with Gasteiger partial charge in [-0.1, -0.05) is 18.2 Å². The van der Waals surface area contributed by atoms with Gasteiger partial charge >= 0.3 is 10.1 Å². The molecular formula is C10H14O6S2. The molecule has 6 nitrogen and oxygen atoms in total. The maximum atomic E-state index is 11.0. The van der Waals surface area contributed by atoms with Crippen LogP contribution in [0.25, 0.3) is 0 Å². The van der Waals surface area contributed by atoms with E-state index >= 15 is 0 Å². The van der Waals surface area contributed by atoms with Gasteiger partial charge in [-0.15, -0.1) is 0 Å². The van der Waals surface area contributed by atoms with Crippen LogP contribution in [-0.4, -0.2) is 36.0 Å². The van der Waals surface area contributed by atoms with Gasteiger partial charge in [-0.3, -0.25) is 4.18 Å². The third-order valence-corrected chi connectivity index (χ3v) is 2.96. The van der Waals surface area contributed by atoms with Gasteiger partial charge in [0.1, 0.15) is 5.75 Å². The summed E-state index contributed by atoms with van der Waals surface area (Å²) < 4.78 is 53.0. The minimum atomic E-state index is -3.61. The van der Waals surface area contributed by atoms with E-state index in [1.54, 1.807) is 18.2 Å². The van der Waals surface area contributed by atoms with E-state index in [2.05, 4.69) is 4.18 Å². The second-order valence-electron chi connectivity index (χ2n) is 3.67. The number of hydrogen-bond acceptors (Lipinski definition) is 6. The summed E-state index contributed by atoms with van der Waals surface area (Å²) in [6.07, 6.45) is 2.13. The van der Waals surface area contributed by atoms with Crippen LogP contribution in [0, 0.1) is 0 Å². The van der Waals surface area contributed by atoms with E-state index in [0.717, 1.165) is 12.5 Å². The van der Waals surface area contributed by atoms with Crippen molar-refractivity contribution in [1.29, 1.82) is 0 Å². The van der Waals surface area contributed by atoms with Crippen LogP contribution in [0.5, 0.6) is 5.75 Å². The SMILES string of the molecule is CS(=O)(=O)OCCc1ccccc1OS(C)(=O)=O. The normalized spacial score (nSPS) is 12.3. The van der Waals surface area contributed by atoms with Crippen molar-refractivity contribution in [1.82, 2.24) is 0 Å². The molecule has 0 saturated heterocycles. The molecule has 102 valence electrons. The summed E-state index contributed by atoms with van der Waals surface area (Å²) in [5.41, 5.74) is 0.562. The van der Waals surface area contributed by atoms with E-state index in [1.165, 1.54) is 6.07 Å². The number of hydrogen-bond donors (Lipinski definition) is 0. The van der Waals surface area contributed by atoms with E-state index < -0.39 is 20.2 Å². The van der Waals surface area contributed by atoms with Crippen LogP contribution >= 0.6 is 0 Å². The maximum absolute atomic E-state index is 11.0. The summed E-state index contributed by atoms with van der Waals surface area (Å²) in [5.74, 6) is 0.178. The minimum Gasteiger partial charge on any atom is -0.382 e. The molecule has 0 aliphatic rings. The van der Waals surface area contributed by atoms with Crippen molar-refractivity contribution in [2.24, 2.45) is 0 Å². The molecule has 1 rings (SSSR count). The van der Waals surface area contributed by atoms with Gasteiger partial charge in [-0.2, -0.15) is 16.8 Å². The lowest BCUT2D eigenvalue weighted by atomic mass is 10.1. The zero-order valence-electron chi connectivity index (χ0n) is 9.99. The van der Waals surface area contributed by atoms with Crippen molar-refractivity contribution in [2.75, 3.05) is 19.1 Å². The summed E-state index contributed by atoms with van der Waals surface area (Å²) in [4.78, 5) is 0. The first-order chi connectivity index (χ1) is 8.17. The lowest BCUT2D eigenvalue weighted by molar-refractivity contribution is 0.324. The first-order valence-corrected chi connectivity index (χ1v) is 8.62. The molecule has 1 aromatic carbocycles. The Balaban J connectivity index is 2.77. The average Bonchev–Trinajstić information content (AvgIpc) is 2.16. The van der Waals surface area contributed by atoms with E-state index in [1.807, 2.05) is 0 Å². The molecule has 0 amide bonds. The molecule has 1 aromatic rings. The van der Waals surface area contributed by atoms with E-state index in [-0.39, 0.29) is 18.8 Å². The Labute approximate surface area is 107 Å². The molecule has 0 N–H and O–H groups in total. The van der Waals surface area contributed by atoms with Gasteiger partial charge in [-0.25, -0.2) is 0 Å². The molecular weight excluding hydrogens is 280 g/mol. The first-order valence-electron chi connectivity index (χ1n) is 4.99. The molecule has 18 heavy (non-hydrogen) atoms. The fourth-order valence-corrected chi connectivity index (χ4v) is 2.13. The standard InChI is InChI=1S/C10H14O6S2/c1-17(11,12)15-8-7-9-5-3-4-6-10(9)16-18(2,13)14/h3-6H,7-8H2,1-2H3. The number of para-hydroxylation sites is 1. The fourth-order valence-electron chi connectivity index (χ4n) is 1.26. The largest absolute Gasteiger partial charge is 0.382 e. The van der Waals surface area contributed by atoms with Crippen LogP contribution in [0.15, 0.2) is 24.3 Å². The molecule has 8 heteroatoms. The van der Waals surface area contributed by atoms with Gasteiger partial charge in [0.2, 0.25) is 0 Å². The minimum absolute atomic E-state index is 0.0665. The maximum Gasteiger partial charge on any atom is 0.306 e. The van der Waals surface area contributed by atoms with Crippen LogP contribution in [0.1, 0.15) is 5.56 Å². The molecule has 0 aliphatic heterocycles. The third kappa shape index (κ3) is 5.99. The number of rotatable bonds is 6. The van der Waals surface area contributed by atoms with Gasteiger partial charge in [0.25, 0.3) is 10.1 Å². The van der Waals surface area contributed by atoms with Crippen LogP contribution in [0.2, 0.25) is 0 Å². The predicted octanol–water partition coefficient (Wildman–Crippen LogP) is 0.544. The van der Waals surface area contributed by atoms with E-state index in [9.17, 15) is 16.8 Å². The Hall–Kier alpha value is -1.12. The van der Waals surface area contributed by atoms with Gasteiger partial charge in [0, 0.05) is 6.42 Å². The molecule has 0 saturated carbocycles. The Morgan fingerprint density at radius 3 is 2.17 bits per heavy atom. The highest BCUT2D eigenvalue weighted by Gasteiger charge is 2.10. The fraction of sp³-hybridized carbons (Fsp3) is 0.400. The van der Waals surface area contributed by atoms with Crippen LogP contribution in [-0.2, 0) is 30.8 Å². The Morgan fingerprint density at radius 2 is 1.61 bits per heavy atom. The second kappa shape index (κ2) is 5.68. The number of benzene rings is 1. The average molecular weight is 294 g/mol. The molecule has 0 heterocycles. The van der Waals surface area contributed by atoms with Crippen molar-refractivity contribution in [2.45, 2.75) is 6.42 Å². The Kier molecular flexibility index (Phi) is 4.71. The topological polar surface area (TPSA) is 86.7 Å². The summed E-state index contributed by atoms with van der Waals surface area (Å²) in [6, 6.07) is 6.47. The van der Waals surface area contributed by atoms with Crippen LogP contribution < -0.4 is 4.18 Å². The van der Waals surface area contributed by atoms with Crippen molar-refractivity contribution in [3.05, 3.63) is 29.8 Å². The monoisotopic (exact) mass is 294 g/mol. The third-order valence-electron chi connectivity index (χ3n) is 1.88. The summed E-state index contributed by atoms with van der Waals surface area (Å²) in [5, 5.41) is 0. The molecule has 0 unspecified atom stereocenters. The van der Waals surface area contributed by atoms with Crippen LogP contribution in [0.4, 0.5) is 0 Å². The Morgan fingerprint density at radius 1 is 1.00 bits per heavy atom. The van der Waals surface area contributed by atoms with Crippen LogP contribution in [0.3, 0.4) is 0 Å². The lowest BCUT2D eigenvalue weighted by Crippen LogP contribution is -2.10. The molecule has 0 bridgehead atoms. The van der Waals surface area contributed by atoms with E-state index in [0.29, 0.717) is 5.56 Å². The second-order valence-corrected chi connectivity index (χ2v) is 6.89. The summed E-state index contributed by atoms with van der Waals surface area (Å²) in [7, 11) is -7.11. The van der Waals surface area contributed by atoms with Crippen molar-refractivity contribution < 1.29 is 25.2 Å². The van der Waals surface area contributed by atoms with Gasteiger partial charge in [0.15, 0.2) is 0 Å². The molecule has 0 aliphatic carbocycles. The molecule has 0 atom stereocenters. The lowest BCUT2D eigenvalue weighted by Gasteiger charge is -2.09. The smallest absolute Gasteiger partial charge is 0.306 e. The van der Waals surface area contributed by atoms with Gasteiger partial charge in [-0.05, 0) is 11.6 Å². The predicted molar refractivity (Wildman–Crippen MR) is 66.4 cm³/mol. The summed E-state index contributed by atoms with van der Waals surface area (Å²) >= 11 is 0. The van der Waals surface area contributed by atoms with Gasteiger partial charge < -0.3 is 4.18 Å². The highest BCUT2D eigenvalue weighted by molar-refractivity contribution is 7.86. The highest BCUT2D eigenvalue weighted by atomic mass is 32.2. The Bertz CT molecular complexity index is 603. The highest BCUT2D eigenvalue weighted by Crippen LogP contribution is 2.20. The van der Waals surface area contributed by atoms with Crippen molar-refractivity contribution in [3.63, 3.8) is 0 Å². The van der Waals surface area contributed by atoms with Gasteiger partial charge in [0.05, 0.1) is 19.1 Å². The molecule has 0 spiro atoms. The summed E-state index contributed by atoms with van der Waals surface area (Å²) in [6.45, 7) is -0.0665. The zero-order valence-corrected chi connectivity index (χ0v) is 11.6.